The molecule has 0 saturated heterocycles. The van der Waals surface area contributed by atoms with E-state index in [1.165, 1.54) is 0 Å². The number of hydrogen-bond donors (Lipinski definition) is 0. The van der Waals surface area contributed by atoms with Crippen LogP contribution in [0.4, 0.5) is 0 Å². The molecule has 0 aromatic rings. The third-order valence-corrected chi connectivity index (χ3v) is 1.81. The minimum atomic E-state index is 0.490. The first-order valence-corrected chi connectivity index (χ1v) is 3.98. The first-order chi connectivity index (χ1) is 4.88. The SMILES string of the molecule is CCCCN(N=O)C1CC1. The van der Waals surface area contributed by atoms with E-state index in [4.69, 9.17) is 0 Å². The summed E-state index contributed by atoms with van der Waals surface area (Å²) in [7, 11) is 0. The van der Waals surface area contributed by atoms with Crippen LogP contribution in [0.1, 0.15) is 32.6 Å². The Labute approximate surface area is 61.3 Å². The van der Waals surface area contributed by atoms with Gasteiger partial charge in [-0.2, -0.15) is 0 Å². The first-order valence-electron chi connectivity index (χ1n) is 3.98. The summed E-state index contributed by atoms with van der Waals surface area (Å²) >= 11 is 0. The molecule has 0 amide bonds. The normalized spacial score (nSPS) is 16.9. The van der Waals surface area contributed by atoms with Gasteiger partial charge in [0.25, 0.3) is 0 Å². The zero-order valence-corrected chi connectivity index (χ0v) is 6.42. The third-order valence-electron chi connectivity index (χ3n) is 1.81. The Bertz CT molecular complexity index is 112. The number of unbranched alkanes of at least 4 members (excludes halogenated alkanes) is 1. The minimum absolute atomic E-state index is 0.490. The average molecular weight is 142 g/mol. The molecule has 0 spiro atoms. The molecule has 3 nitrogen and oxygen atoms in total. The Morgan fingerprint density at radius 2 is 2.30 bits per heavy atom. The summed E-state index contributed by atoms with van der Waals surface area (Å²) in [6, 6.07) is 0.490. The first kappa shape index (κ1) is 7.51. The molecular formula is C7H14N2O. The van der Waals surface area contributed by atoms with Gasteiger partial charge in [0.1, 0.15) is 0 Å². The van der Waals surface area contributed by atoms with Crippen LogP contribution in [-0.4, -0.2) is 17.6 Å². The Morgan fingerprint density at radius 1 is 1.60 bits per heavy atom. The number of nitroso groups, excluding NO2 is 1. The summed E-state index contributed by atoms with van der Waals surface area (Å²) in [6.07, 6.45) is 4.55. The maximum Gasteiger partial charge on any atom is 0.0526 e. The molecule has 1 rings (SSSR count). The van der Waals surface area contributed by atoms with Crippen molar-refractivity contribution in [2.75, 3.05) is 6.54 Å². The summed E-state index contributed by atoms with van der Waals surface area (Å²) in [6.45, 7) is 2.97. The fourth-order valence-corrected chi connectivity index (χ4v) is 0.983. The van der Waals surface area contributed by atoms with Crippen LogP contribution in [-0.2, 0) is 0 Å². The predicted molar refractivity (Wildman–Crippen MR) is 40.4 cm³/mol. The lowest BCUT2D eigenvalue weighted by Gasteiger charge is -2.12. The summed E-state index contributed by atoms with van der Waals surface area (Å²) < 4.78 is 0. The Hall–Kier alpha value is -0.600. The van der Waals surface area contributed by atoms with Gasteiger partial charge in [-0.05, 0) is 19.3 Å². The molecule has 3 heteroatoms. The zero-order valence-electron chi connectivity index (χ0n) is 6.42. The highest BCUT2D eigenvalue weighted by Gasteiger charge is 2.28. The molecule has 58 valence electrons. The highest BCUT2D eigenvalue weighted by molar-refractivity contribution is 4.81. The van der Waals surface area contributed by atoms with E-state index >= 15 is 0 Å². The van der Waals surface area contributed by atoms with Gasteiger partial charge in [0.05, 0.1) is 11.3 Å². The quantitative estimate of drug-likeness (QED) is 0.434. The topological polar surface area (TPSA) is 32.7 Å². The van der Waals surface area contributed by atoms with Crippen molar-refractivity contribution in [2.24, 2.45) is 5.29 Å². The van der Waals surface area contributed by atoms with Gasteiger partial charge in [0.2, 0.25) is 0 Å². The molecule has 0 aromatic heterocycles. The van der Waals surface area contributed by atoms with Crippen molar-refractivity contribution in [3.05, 3.63) is 4.91 Å². The molecule has 0 radical (unpaired) electrons. The van der Waals surface area contributed by atoms with Gasteiger partial charge in [-0.25, -0.2) is 0 Å². The minimum Gasteiger partial charge on any atom is -0.258 e. The van der Waals surface area contributed by atoms with Crippen molar-refractivity contribution in [2.45, 2.75) is 38.6 Å². The fraction of sp³-hybridized carbons (Fsp3) is 1.00. The van der Waals surface area contributed by atoms with Crippen LogP contribution in [0.25, 0.3) is 0 Å². The monoisotopic (exact) mass is 142 g/mol. The highest BCUT2D eigenvalue weighted by Crippen LogP contribution is 2.26. The fourth-order valence-electron chi connectivity index (χ4n) is 0.983. The number of hydrogen-bond acceptors (Lipinski definition) is 2. The molecule has 0 heterocycles. The second-order valence-electron chi connectivity index (χ2n) is 2.83. The Balaban J connectivity index is 2.12. The largest absolute Gasteiger partial charge is 0.258 e. The molecule has 1 aliphatic rings. The molecule has 0 N–H and O–H groups in total. The molecule has 1 aliphatic carbocycles. The molecule has 1 fully saturated rings. The molecule has 0 bridgehead atoms. The summed E-state index contributed by atoms with van der Waals surface area (Å²) in [5.41, 5.74) is 0. The third kappa shape index (κ3) is 1.97. The van der Waals surface area contributed by atoms with Gasteiger partial charge < -0.3 is 0 Å². The van der Waals surface area contributed by atoms with Crippen molar-refractivity contribution < 1.29 is 0 Å². The van der Waals surface area contributed by atoms with Gasteiger partial charge in [-0.15, -0.1) is 4.91 Å². The van der Waals surface area contributed by atoms with Gasteiger partial charge in [-0.1, -0.05) is 13.3 Å². The second kappa shape index (κ2) is 3.54. The van der Waals surface area contributed by atoms with Crippen molar-refractivity contribution >= 4 is 0 Å². The van der Waals surface area contributed by atoms with E-state index in [9.17, 15) is 4.91 Å². The van der Waals surface area contributed by atoms with Gasteiger partial charge in [0.15, 0.2) is 0 Å². The molecule has 0 aliphatic heterocycles. The summed E-state index contributed by atoms with van der Waals surface area (Å²) in [4.78, 5) is 10.2. The molecule has 0 atom stereocenters. The van der Waals surface area contributed by atoms with E-state index in [1.807, 2.05) is 0 Å². The lowest BCUT2D eigenvalue weighted by Crippen LogP contribution is -2.19. The average Bonchev–Trinajstić information content (AvgIpc) is 2.73. The summed E-state index contributed by atoms with van der Waals surface area (Å²) in [5.74, 6) is 0. The van der Waals surface area contributed by atoms with E-state index in [2.05, 4.69) is 12.2 Å². The zero-order chi connectivity index (χ0) is 7.40. The van der Waals surface area contributed by atoms with Crippen LogP contribution in [0, 0.1) is 4.91 Å². The second-order valence-corrected chi connectivity index (χ2v) is 2.83. The van der Waals surface area contributed by atoms with Crippen molar-refractivity contribution in [3.8, 4) is 0 Å². The van der Waals surface area contributed by atoms with Crippen molar-refractivity contribution in [1.29, 1.82) is 0 Å². The van der Waals surface area contributed by atoms with E-state index in [1.54, 1.807) is 5.01 Å². The van der Waals surface area contributed by atoms with Gasteiger partial charge in [0, 0.05) is 6.54 Å². The summed E-state index contributed by atoms with van der Waals surface area (Å²) in [5, 5.41) is 4.65. The molecule has 10 heavy (non-hydrogen) atoms. The van der Waals surface area contributed by atoms with Crippen LogP contribution < -0.4 is 0 Å². The smallest absolute Gasteiger partial charge is 0.0526 e. The van der Waals surface area contributed by atoms with E-state index in [0.29, 0.717) is 6.04 Å². The van der Waals surface area contributed by atoms with Crippen LogP contribution in [0.3, 0.4) is 0 Å². The molecule has 1 saturated carbocycles. The molecule has 0 unspecified atom stereocenters. The molecular weight excluding hydrogens is 128 g/mol. The van der Waals surface area contributed by atoms with Gasteiger partial charge in [-0.3, -0.25) is 5.01 Å². The van der Waals surface area contributed by atoms with Crippen LogP contribution in [0.15, 0.2) is 5.29 Å². The molecule has 0 aromatic carbocycles. The Morgan fingerprint density at radius 3 is 2.70 bits per heavy atom. The highest BCUT2D eigenvalue weighted by atomic mass is 16.3. The van der Waals surface area contributed by atoms with Crippen LogP contribution in [0.2, 0.25) is 0 Å². The standard InChI is InChI=1S/C7H14N2O/c1-2-3-6-9(8-10)7-4-5-7/h7H,2-6H2,1H3. The van der Waals surface area contributed by atoms with E-state index in [0.717, 1.165) is 32.2 Å². The maximum atomic E-state index is 10.2. The van der Waals surface area contributed by atoms with Crippen molar-refractivity contribution in [1.82, 2.24) is 5.01 Å². The van der Waals surface area contributed by atoms with E-state index in [-0.39, 0.29) is 0 Å². The lowest BCUT2D eigenvalue weighted by molar-refractivity contribution is 0.268. The Kier molecular flexibility index (Phi) is 2.66. The van der Waals surface area contributed by atoms with Crippen molar-refractivity contribution in [3.63, 3.8) is 0 Å². The van der Waals surface area contributed by atoms with Gasteiger partial charge >= 0.3 is 0 Å². The van der Waals surface area contributed by atoms with Crippen LogP contribution >= 0.6 is 0 Å². The lowest BCUT2D eigenvalue weighted by atomic mass is 10.3. The number of nitrogens with zero attached hydrogens (tertiary/aromatic N) is 2. The number of rotatable bonds is 5. The van der Waals surface area contributed by atoms with Crippen LogP contribution in [0.5, 0.6) is 0 Å². The van der Waals surface area contributed by atoms with E-state index < -0.39 is 0 Å². The maximum absolute atomic E-state index is 10.2. The predicted octanol–water partition coefficient (Wildman–Crippen LogP) is 1.93.